The molecular formula is C23H25BrF2N2O2S. The summed E-state index contributed by atoms with van der Waals surface area (Å²) in [7, 11) is 0. The minimum Gasteiger partial charge on any atom is -0.442 e. The summed E-state index contributed by atoms with van der Waals surface area (Å²) in [5.74, 6) is 0.0989. The van der Waals surface area contributed by atoms with Crippen LogP contribution in [0.5, 0.6) is 0 Å². The van der Waals surface area contributed by atoms with Crippen molar-refractivity contribution in [2.24, 2.45) is 4.99 Å². The smallest absolute Gasteiger partial charge is 0.435 e. The van der Waals surface area contributed by atoms with Gasteiger partial charge in [0, 0.05) is 15.8 Å². The number of halogens is 3. The van der Waals surface area contributed by atoms with Crippen LogP contribution in [0.2, 0.25) is 0 Å². The fourth-order valence-corrected chi connectivity index (χ4v) is 5.04. The number of ether oxygens (including phenoxy) is 1. The second-order valence-corrected chi connectivity index (χ2v) is 11.2. The third-order valence-corrected chi connectivity index (χ3v) is 7.23. The predicted octanol–water partition coefficient (Wildman–Crippen LogP) is 6.53. The number of rotatable bonds is 2. The van der Waals surface area contributed by atoms with Crippen LogP contribution in [0.3, 0.4) is 0 Å². The van der Waals surface area contributed by atoms with Crippen molar-refractivity contribution in [3.8, 4) is 0 Å². The predicted molar refractivity (Wildman–Crippen MR) is 124 cm³/mol. The van der Waals surface area contributed by atoms with Crippen LogP contribution in [0.1, 0.15) is 45.7 Å². The number of amides is 1. The standard InChI is InChI=1S/C23H25BrF2N2O2S/c1-21(2,3)30-20(29)27-19-23(5,14-6-9-16(25)10-7-14)31-13-22(4,28-19)17-12-15(24)8-11-18(17)26/h6-12H,13H2,1-5H3,(H,27,28,29)/t22-,23+/m0/s1. The van der Waals surface area contributed by atoms with E-state index in [1.54, 1.807) is 45.0 Å². The second kappa shape index (κ2) is 8.54. The van der Waals surface area contributed by atoms with Gasteiger partial charge in [-0.1, -0.05) is 28.1 Å². The van der Waals surface area contributed by atoms with Gasteiger partial charge in [-0.2, -0.15) is 4.99 Å². The number of carbonyl (C=O) groups excluding carboxylic acids is 1. The second-order valence-electron chi connectivity index (χ2n) is 8.85. The van der Waals surface area contributed by atoms with Crippen LogP contribution in [0.4, 0.5) is 13.6 Å². The van der Waals surface area contributed by atoms with Gasteiger partial charge in [-0.15, -0.1) is 11.8 Å². The van der Waals surface area contributed by atoms with Gasteiger partial charge in [0.2, 0.25) is 0 Å². The van der Waals surface area contributed by atoms with Crippen LogP contribution in [-0.4, -0.2) is 23.3 Å². The van der Waals surface area contributed by atoms with E-state index in [4.69, 9.17) is 4.74 Å². The molecule has 0 aliphatic carbocycles. The van der Waals surface area contributed by atoms with Crippen molar-refractivity contribution in [2.75, 3.05) is 5.75 Å². The number of carbonyl (C=O) groups is 1. The normalized spacial score (nSPS) is 25.2. The van der Waals surface area contributed by atoms with E-state index < -0.39 is 22.0 Å². The first-order valence-electron chi connectivity index (χ1n) is 9.78. The summed E-state index contributed by atoms with van der Waals surface area (Å²) < 4.78 is 33.6. The molecule has 0 unspecified atom stereocenters. The minimum atomic E-state index is -0.834. The highest BCUT2D eigenvalue weighted by atomic mass is 79.9. The molecule has 2 aromatic rings. The van der Waals surface area contributed by atoms with Crippen LogP contribution in [-0.2, 0) is 15.0 Å². The van der Waals surface area contributed by atoms with E-state index in [0.29, 0.717) is 17.2 Å². The van der Waals surface area contributed by atoms with Gasteiger partial charge in [0.1, 0.15) is 23.1 Å². The molecule has 0 spiro atoms. The highest BCUT2D eigenvalue weighted by molar-refractivity contribution is 9.10. The number of benzene rings is 2. The van der Waals surface area contributed by atoms with Gasteiger partial charge < -0.3 is 10.1 Å². The van der Waals surface area contributed by atoms with Crippen molar-refractivity contribution in [3.05, 3.63) is 69.7 Å². The third-order valence-electron chi connectivity index (χ3n) is 5.01. The Morgan fingerprint density at radius 2 is 1.81 bits per heavy atom. The Bertz CT molecular complexity index is 1020. The summed E-state index contributed by atoms with van der Waals surface area (Å²) >= 11 is 4.90. The monoisotopic (exact) mass is 510 g/mol. The lowest BCUT2D eigenvalue weighted by atomic mass is 9.90. The molecule has 3 rings (SSSR count). The van der Waals surface area contributed by atoms with E-state index in [2.05, 4.69) is 26.2 Å². The molecule has 8 heteroatoms. The Morgan fingerprint density at radius 1 is 1.16 bits per heavy atom. The molecule has 2 atom stereocenters. The van der Waals surface area contributed by atoms with Crippen LogP contribution in [0.25, 0.3) is 0 Å². The van der Waals surface area contributed by atoms with Crippen LogP contribution in [0.15, 0.2) is 51.9 Å². The average molecular weight is 511 g/mol. The Hall–Kier alpha value is -1.93. The topological polar surface area (TPSA) is 50.7 Å². The fraction of sp³-hybridized carbons (Fsp3) is 0.391. The number of thioether (sulfide) groups is 1. The molecule has 0 bridgehead atoms. The summed E-state index contributed by atoms with van der Waals surface area (Å²) in [5, 5.41) is 3.31. The molecule has 0 radical (unpaired) electrons. The Morgan fingerprint density at radius 3 is 2.42 bits per heavy atom. The van der Waals surface area contributed by atoms with Crippen molar-refractivity contribution in [1.29, 1.82) is 0 Å². The van der Waals surface area contributed by atoms with Crippen LogP contribution >= 0.6 is 27.7 Å². The molecule has 1 fully saturated rings. The molecule has 4 nitrogen and oxygen atoms in total. The molecule has 0 aromatic heterocycles. The molecule has 31 heavy (non-hydrogen) atoms. The molecule has 1 heterocycles. The van der Waals surface area contributed by atoms with E-state index in [0.717, 1.165) is 10.0 Å². The summed E-state index contributed by atoms with van der Waals surface area (Å²) in [6.45, 7) is 9.04. The van der Waals surface area contributed by atoms with Gasteiger partial charge >= 0.3 is 6.09 Å². The van der Waals surface area contributed by atoms with Crippen molar-refractivity contribution >= 4 is 39.6 Å². The van der Waals surface area contributed by atoms with Crippen molar-refractivity contribution in [3.63, 3.8) is 0 Å². The van der Waals surface area contributed by atoms with E-state index >= 15 is 0 Å². The van der Waals surface area contributed by atoms with Gasteiger partial charge in [0.15, 0.2) is 0 Å². The molecule has 2 aromatic carbocycles. The summed E-state index contributed by atoms with van der Waals surface area (Å²) in [4.78, 5) is 16.8. The maximum absolute atomic E-state index is 14.7. The zero-order valence-electron chi connectivity index (χ0n) is 18.1. The Balaban J connectivity index is 2.07. The number of amidine groups is 1. The first kappa shape index (κ1) is 23.7. The van der Waals surface area contributed by atoms with E-state index in [-0.39, 0.29) is 11.6 Å². The molecule has 0 saturated carbocycles. The zero-order valence-corrected chi connectivity index (χ0v) is 20.5. The molecule has 1 N–H and O–H groups in total. The van der Waals surface area contributed by atoms with Crippen molar-refractivity contribution < 1.29 is 18.3 Å². The molecule has 1 aliphatic heterocycles. The number of aliphatic imine (C=N–C) groups is 1. The highest BCUT2D eigenvalue weighted by Crippen LogP contribution is 2.46. The first-order valence-corrected chi connectivity index (χ1v) is 11.6. The van der Waals surface area contributed by atoms with E-state index in [9.17, 15) is 13.6 Å². The third kappa shape index (κ3) is 5.29. The van der Waals surface area contributed by atoms with Gasteiger partial charge in [-0.25, -0.2) is 13.6 Å². The van der Waals surface area contributed by atoms with Crippen molar-refractivity contribution in [1.82, 2.24) is 5.32 Å². The first-order chi connectivity index (χ1) is 14.3. The number of nitrogens with one attached hydrogen (secondary N) is 1. The number of nitrogens with zero attached hydrogens (tertiary/aromatic N) is 1. The zero-order chi connectivity index (χ0) is 23.0. The maximum atomic E-state index is 14.7. The Labute approximate surface area is 194 Å². The van der Waals surface area contributed by atoms with Crippen LogP contribution < -0.4 is 5.32 Å². The molecule has 1 amide bonds. The molecule has 166 valence electrons. The number of hydrogen-bond donors (Lipinski definition) is 1. The summed E-state index contributed by atoms with van der Waals surface area (Å²) in [6.07, 6.45) is -0.747. The number of hydrogen-bond acceptors (Lipinski definition) is 3. The lowest BCUT2D eigenvalue weighted by Gasteiger charge is -2.45. The van der Waals surface area contributed by atoms with Gasteiger partial charge in [0.25, 0.3) is 0 Å². The fourth-order valence-electron chi connectivity index (χ4n) is 3.34. The highest BCUT2D eigenvalue weighted by Gasteiger charge is 2.46. The maximum Gasteiger partial charge on any atom is 0.435 e. The van der Waals surface area contributed by atoms with Gasteiger partial charge in [-0.05, 0) is 70.5 Å². The SMILES string of the molecule is CC(C)(C)OC(=O)/N=C1\N[C@](C)(c2cc(Br)ccc2F)CS[C@]1(C)c1ccc(F)cc1. The lowest BCUT2D eigenvalue weighted by molar-refractivity contribution is 0.0602. The summed E-state index contributed by atoms with van der Waals surface area (Å²) in [6, 6.07) is 10.8. The molecule has 1 aliphatic rings. The average Bonchev–Trinajstić information content (AvgIpc) is 2.66. The minimum absolute atomic E-state index is 0.325. The summed E-state index contributed by atoms with van der Waals surface area (Å²) in [5.41, 5.74) is -0.327. The Kier molecular flexibility index (Phi) is 6.54. The van der Waals surface area contributed by atoms with Gasteiger partial charge in [-0.3, -0.25) is 0 Å². The largest absolute Gasteiger partial charge is 0.442 e. The molecular weight excluding hydrogens is 486 g/mol. The van der Waals surface area contributed by atoms with Crippen molar-refractivity contribution in [2.45, 2.75) is 50.5 Å². The molecule has 1 saturated heterocycles. The lowest BCUT2D eigenvalue weighted by Crippen LogP contribution is -2.57. The van der Waals surface area contributed by atoms with E-state index in [1.807, 2.05) is 13.8 Å². The van der Waals surface area contributed by atoms with Gasteiger partial charge in [0.05, 0.1) is 10.3 Å². The van der Waals surface area contributed by atoms with Crippen LogP contribution in [0, 0.1) is 11.6 Å². The quantitative estimate of drug-likeness (QED) is 0.498. The van der Waals surface area contributed by atoms with E-state index in [1.165, 1.54) is 30.0 Å².